The molecule has 0 fully saturated rings. The lowest BCUT2D eigenvalue weighted by Gasteiger charge is -2.15. The lowest BCUT2D eigenvalue weighted by Crippen LogP contribution is -2.21. The normalized spacial score (nSPS) is 11.7. The van der Waals surface area contributed by atoms with Crippen LogP contribution in [0.3, 0.4) is 0 Å². The molecule has 0 aliphatic heterocycles. The maximum absolute atomic E-state index is 12.4. The highest BCUT2D eigenvalue weighted by Crippen LogP contribution is 2.23. The molecule has 1 aromatic rings. The van der Waals surface area contributed by atoms with E-state index in [2.05, 4.69) is 6.92 Å². The molecule has 21 heavy (non-hydrogen) atoms. The summed E-state index contributed by atoms with van der Waals surface area (Å²) < 4.78 is 10.9. The zero-order valence-electron chi connectivity index (χ0n) is 12.1. The lowest BCUT2D eigenvalue weighted by molar-refractivity contribution is -0.129. The van der Waals surface area contributed by atoms with Crippen molar-refractivity contribution in [3.8, 4) is 0 Å². The number of aliphatic carboxylic acids is 1. The summed E-state index contributed by atoms with van der Waals surface area (Å²) in [7, 11) is 0. The van der Waals surface area contributed by atoms with Crippen LogP contribution in [-0.4, -0.2) is 25.9 Å². The maximum atomic E-state index is 12.4. The van der Waals surface area contributed by atoms with Crippen molar-refractivity contribution in [2.45, 2.75) is 44.9 Å². The quantitative estimate of drug-likeness (QED) is 0.562. The fourth-order valence-corrected chi connectivity index (χ4v) is 2.47. The van der Waals surface area contributed by atoms with Gasteiger partial charge in [-0.3, -0.25) is 4.79 Å². The Hall–Kier alpha value is -1.75. The van der Waals surface area contributed by atoms with E-state index in [-0.39, 0.29) is 28.3 Å². The fraction of sp³-hybridized carbons (Fsp3) is 0.438. The predicted molar refractivity (Wildman–Crippen MR) is 83.7 cm³/mol. The molecule has 5 heteroatoms. The Morgan fingerprint density at radius 3 is 2.38 bits per heavy atom. The van der Waals surface area contributed by atoms with Crippen molar-refractivity contribution in [2.24, 2.45) is 0 Å². The van der Waals surface area contributed by atoms with Crippen LogP contribution in [0.25, 0.3) is 0 Å². The van der Waals surface area contributed by atoms with E-state index in [4.69, 9.17) is 5.11 Å². The number of unbranched alkanes of at least 4 members (excludes halogenated alkanes) is 2. The Labute approximate surface area is 128 Å². The molecule has 0 saturated heterocycles. The highest BCUT2D eigenvalue weighted by Gasteiger charge is 2.24. The van der Waals surface area contributed by atoms with E-state index in [0.717, 1.165) is 24.8 Å². The topological polar surface area (TPSA) is 71.4 Å². The summed E-state index contributed by atoms with van der Waals surface area (Å²) in [6.07, 6.45) is 3.18. The van der Waals surface area contributed by atoms with Gasteiger partial charge in [-0.2, -0.15) is 0 Å². The average molecular weight is 308 g/mol. The van der Waals surface area contributed by atoms with Crippen molar-refractivity contribution in [3.63, 3.8) is 0 Å². The maximum Gasteiger partial charge on any atom is 0.344 e. The second-order valence-electron chi connectivity index (χ2n) is 4.90. The van der Waals surface area contributed by atoms with Crippen LogP contribution >= 0.6 is 0 Å². The largest absolute Gasteiger partial charge is 0.477 e. The van der Waals surface area contributed by atoms with Gasteiger partial charge in [0.05, 0.1) is 11.3 Å². The van der Waals surface area contributed by atoms with E-state index in [9.17, 15) is 13.8 Å². The molecular weight excluding hydrogens is 288 g/mol. The van der Waals surface area contributed by atoms with Gasteiger partial charge in [0.2, 0.25) is 0 Å². The first-order valence-corrected chi connectivity index (χ1v) is 7.80. The van der Waals surface area contributed by atoms with Crippen molar-refractivity contribution in [1.82, 2.24) is 0 Å². The van der Waals surface area contributed by atoms with Crippen LogP contribution in [0.5, 0.6) is 0 Å². The summed E-state index contributed by atoms with van der Waals surface area (Å²) in [6.45, 7) is 2.06. The third-order valence-corrected chi connectivity index (χ3v) is 3.89. The first-order valence-electron chi connectivity index (χ1n) is 7.06. The number of Topliss-reactive ketones (excluding diaryl/α,β-unsaturated/α-hetero) is 1. The molecule has 0 amide bonds. The van der Waals surface area contributed by atoms with Crippen LogP contribution in [0, 0.1) is 0 Å². The zero-order valence-corrected chi connectivity index (χ0v) is 12.9. The van der Waals surface area contributed by atoms with Gasteiger partial charge in [0, 0.05) is 18.8 Å². The molecule has 0 aromatic heterocycles. The van der Waals surface area contributed by atoms with E-state index in [1.165, 1.54) is 0 Å². The second-order valence-corrected chi connectivity index (χ2v) is 5.56. The third kappa shape index (κ3) is 5.63. The molecule has 114 valence electrons. The first-order chi connectivity index (χ1) is 10.1. The SMILES string of the molecule is CCCCCC(=O)C(CC(=S=O)C(=O)O)c1ccccc1. The average Bonchev–Trinajstić information content (AvgIpc) is 2.49. The molecule has 0 bridgehead atoms. The highest BCUT2D eigenvalue weighted by atomic mass is 32.1. The molecule has 1 aromatic carbocycles. The van der Waals surface area contributed by atoms with Crippen LogP contribution in [0.2, 0.25) is 0 Å². The minimum absolute atomic E-state index is 0.00227. The standard InChI is InChI=1S/C16H20O4S/c1-2-3-5-10-14(17)13(11-15(21-20)16(18)19)12-8-6-4-7-9-12/h4,6-9,13H,2-3,5,10-11H2,1H3,(H,18,19). The number of ketones is 1. The Bertz CT molecular complexity index is 532. The van der Waals surface area contributed by atoms with Crippen molar-refractivity contribution in [3.05, 3.63) is 35.9 Å². The second kappa shape index (κ2) is 9.23. The Kier molecular flexibility index (Phi) is 7.61. The lowest BCUT2D eigenvalue weighted by atomic mass is 9.88. The molecule has 0 aliphatic rings. The van der Waals surface area contributed by atoms with Gasteiger partial charge in [-0.1, -0.05) is 50.1 Å². The van der Waals surface area contributed by atoms with Gasteiger partial charge in [-0.15, -0.1) is 0 Å². The highest BCUT2D eigenvalue weighted by molar-refractivity contribution is 7.68. The van der Waals surface area contributed by atoms with Crippen LogP contribution in [0.4, 0.5) is 0 Å². The number of carbonyl (C=O) groups is 2. The third-order valence-electron chi connectivity index (χ3n) is 3.35. The first kappa shape index (κ1) is 17.3. The van der Waals surface area contributed by atoms with Gasteiger partial charge in [-0.05, 0) is 12.0 Å². The summed E-state index contributed by atoms with van der Waals surface area (Å²) in [6, 6.07) is 9.07. The van der Waals surface area contributed by atoms with Gasteiger partial charge < -0.3 is 5.11 Å². The number of hydrogen-bond donors (Lipinski definition) is 1. The molecule has 1 rings (SSSR count). The van der Waals surface area contributed by atoms with Crippen LogP contribution < -0.4 is 0 Å². The van der Waals surface area contributed by atoms with Crippen LogP contribution in [0.15, 0.2) is 30.3 Å². The molecule has 4 nitrogen and oxygen atoms in total. The molecule has 1 atom stereocenters. The molecule has 0 radical (unpaired) electrons. The van der Waals surface area contributed by atoms with Crippen molar-refractivity contribution in [1.29, 1.82) is 0 Å². The van der Waals surface area contributed by atoms with Gasteiger partial charge >= 0.3 is 5.97 Å². The Morgan fingerprint density at radius 1 is 1.19 bits per heavy atom. The summed E-state index contributed by atoms with van der Waals surface area (Å²) in [5, 5.41) is 9.00. The zero-order chi connectivity index (χ0) is 15.7. The smallest absolute Gasteiger partial charge is 0.344 e. The van der Waals surface area contributed by atoms with E-state index in [1.807, 2.05) is 18.2 Å². The van der Waals surface area contributed by atoms with Crippen molar-refractivity contribution in [2.75, 3.05) is 0 Å². The molecular formula is C16H20O4S. The summed E-state index contributed by atoms with van der Waals surface area (Å²) >= 11 is -0.0383. The predicted octanol–water partition coefficient (Wildman–Crippen LogP) is 2.78. The number of carboxylic acid groups (broad SMARTS) is 1. The van der Waals surface area contributed by atoms with Gasteiger partial charge in [0.1, 0.15) is 10.6 Å². The van der Waals surface area contributed by atoms with Gasteiger partial charge in [0.25, 0.3) is 0 Å². The van der Waals surface area contributed by atoms with Crippen LogP contribution in [-0.2, 0) is 20.8 Å². The molecule has 1 unspecified atom stereocenters. The molecule has 0 heterocycles. The van der Waals surface area contributed by atoms with Gasteiger partial charge in [0.15, 0.2) is 0 Å². The molecule has 0 aliphatic carbocycles. The van der Waals surface area contributed by atoms with Gasteiger partial charge in [-0.25, -0.2) is 9.00 Å². The fourth-order valence-electron chi connectivity index (χ4n) is 2.17. The van der Waals surface area contributed by atoms with E-state index >= 15 is 0 Å². The van der Waals surface area contributed by atoms with E-state index < -0.39 is 11.9 Å². The summed E-state index contributed by atoms with van der Waals surface area (Å²) in [5.74, 6) is -1.78. The molecule has 1 N–H and O–H groups in total. The summed E-state index contributed by atoms with van der Waals surface area (Å²) in [4.78, 5) is 23.2. The number of rotatable bonds is 9. The monoisotopic (exact) mass is 308 g/mol. The minimum Gasteiger partial charge on any atom is -0.477 e. The molecule has 0 spiro atoms. The number of benzene rings is 1. The van der Waals surface area contributed by atoms with E-state index in [0.29, 0.717) is 6.42 Å². The Morgan fingerprint density at radius 2 is 1.86 bits per heavy atom. The van der Waals surface area contributed by atoms with Crippen LogP contribution in [0.1, 0.15) is 50.5 Å². The molecule has 0 saturated carbocycles. The Balaban J connectivity index is 2.93. The number of carbonyl (C=O) groups excluding carboxylic acids is 1. The van der Waals surface area contributed by atoms with Crippen molar-refractivity contribution >= 4 is 27.9 Å². The number of hydrogen-bond acceptors (Lipinski definition) is 3. The number of carboxylic acids is 1. The summed E-state index contributed by atoms with van der Waals surface area (Å²) in [5.41, 5.74) is 0.770. The van der Waals surface area contributed by atoms with E-state index in [1.54, 1.807) is 12.1 Å². The van der Waals surface area contributed by atoms with Crippen molar-refractivity contribution < 1.29 is 18.9 Å². The minimum atomic E-state index is -1.24.